The molecule has 0 aliphatic heterocycles. The minimum absolute atomic E-state index is 0.102. The van der Waals surface area contributed by atoms with Crippen LogP contribution in [0.5, 0.6) is 0 Å². The second-order valence-corrected chi connectivity index (χ2v) is 4.10. The van der Waals surface area contributed by atoms with Crippen LogP contribution in [0.2, 0.25) is 0 Å². The largest absolute Gasteiger partial charge is 0.466 e. The zero-order chi connectivity index (χ0) is 15.7. The summed E-state index contributed by atoms with van der Waals surface area (Å²) in [5.74, 6) is -0.307. The first kappa shape index (κ1) is 16.4. The first-order chi connectivity index (χ1) is 10.0. The van der Waals surface area contributed by atoms with Crippen molar-refractivity contribution >= 4 is 23.4 Å². The Morgan fingerprint density at radius 3 is 2.81 bits per heavy atom. The lowest BCUT2D eigenvalue weighted by atomic mass is 10.3. The number of carbonyl (C=O) groups excluding carboxylic acids is 2. The fraction of sp³-hybridized carbons (Fsp3) is 0.385. The Balaban J connectivity index is 2.32. The van der Waals surface area contributed by atoms with Crippen molar-refractivity contribution in [3.8, 4) is 0 Å². The smallest absolute Gasteiger partial charge is 0.319 e. The molecule has 0 heterocycles. The summed E-state index contributed by atoms with van der Waals surface area (Å²) in [7, 11) is 0. The van der Waals surface area contributed by atoms with Gasteiger partial charge in [-0.25, -0.2) is 4.79 Å². The number of non-ortho nitro benzene ring substituents is 1. The predicted molar refractivity (Wildman–Crippen MR) is 76.0 cm³/mol. The molecule has 0 aromatic heterocycles. The predicted octanol–water partition coefficient (Wildman–Crippen LogP) is 2.06. The minimum atomic E-state index is -0.539. The molecule has 0 aliphatic carbocycles. The van der Waals surface area contributed by atoms with Crippen LogP contribution in [0.3, 0.4) is 0 Å². The second-order valence-electron chi connectivity index (χ2n) is 4.10. The molecule has 0 spiro atoms. The monoisotopic (exact) mass is 295 g/mol. The number of urea groups is 1. The van der Waals surface area contributed by atoms with Crippen molar-refractivity contribution in [3.63, 3.8) is 0 Å². The van der Waals surface area contributed by atoms with E-state index in [1.165, 1.54) is 18.2 Å². The van der Waals surface area contributed by atoms with Crippen molar-refractivity contribution in [1.29, 1.82) is 0 Å². The van der Waals surface area contributed by atoms with Gasteiger partial charge in [0.15, 0.2) is 0 Å². The molecule has 8 nitrogen and oxygen atoms in total. The van der Waals surface area contributed by atoms with Gasteiger partial charge in [-0.1, -0.05) is 6.07 Å². The van der Waals surface area contributed by atoms with Crippen LogP contribution in [-0.4, -0.2) is 30.1 Å². The maximum Gasteiger partial charge on any atom is 0.319 e. The maximum absolute atomic E-state index is 11.6. The average Bonchev–Trinajstić information content (AvgIpc) is 2.44. The number of ether oxygens (including phenoxy) is 1. The Labute approximate surface area is 121 Å². The van der Waals surface area contributed by atoms with Crippen LogP contribution in [0.25, 0.3) is 0 Å². The van der Waals surface area contributed by atoms with Crippen LogP contribution in [0.15, 0.2) is 24.3 Å². The molecule has 114 valence electrons. The Hall–Kier alpha value is -2.64. The quantitative estimate of drug-likeness (QED) is 0.346. The molecule has 1 aromatic carbocycles. The zero-order valence-electron chi connectivity index (χ0n) is 11.6. The molecular formula is C13H17N3O5. The Morgan fingerprint density at radius 2 is 2.14 bits per heavy atom. The molecule has 1 rings (SSSR count). The van der Waals surface area contributed by atoms with Crippen LogP contribution >= 0.6 is 0 Å². The fourth-order valence-corrected chi connectivity index (χ4v) is 1.54. The molecule has 2 amide bonds. The number of anilines is 1. The van der Waals surface area contributed by atoms with Crippen LogP contribution in [0.1, 0.15) is 19.8 Å². The molecule has 0 saturated heterocycles. The van der Waals surface area contributed by atoms with Gasteiger partial charge in [0.1, 0.15) is 0 Å². The van der Waals surface area contributed by atoms with Crippen molar-refractivity contribution in [2.45, 2.75) is 19.8 Å². The normalized spacial score (nSPS) is 9.76. The standard InChI is InChI=1S/C13H17N3O5/c1-2-21-12(17)7-4-8-14-13(18)15-10-5-3-6-11(9-10)16(19)20/h3,5-6,9H,2,4,7-8H2,1H3,(H2,14,15,18). The highest BCUT2D eigenvalue weighted by atomic mass is 16.6. The summed E-state index contributed by atoms with van der Waals surface area (Å²) in [6, 6.07) is 5.14. The van der Waals surface area contributed by atoms with E-state index < -0.39 is 11.0 Å². The highest BCUT2D eigenvalue weighted by molar-refractivity contribution is 5.89. The van der Waals surface area contributed by atoms with E-state index in [0.717, 1.165) is 0 Å². The first-order valence-corrected chi connectivity index (χ1v) is 6.48. The molecule has 21 heavy (non-hydrogen) atoms. The first-order valence-electron chi connectivity index (χ1n) is 6.48. The maximum atomic E-state index is 11.6. The van der Waals surface area contributed by atoms with E-state index in [2.05, 4.69) is 10.6 Å². The number of hydrogen-bond donors (Lipinski definition) is 2. The number of nitro groups is 1. The molecular weight excluding hydrogens is 278 g/mol. The van der Waals surface area contributed by atoms with Crippen molar-refractivity contribution in [1.82, 2.24) is 5.32 Å². The summed E-state index contributed by atoms with van der Waals surface area (Å²) in [6.45, 7) is 2.36. The van der Waals surface area contributed by atoms with Crippen LogP contribution in [0.4, 0.5) is 16.2 Å². The summed E-state index contributed by atoms with van der Waals surface area (Å²) < 4.78 is 4.75. The number of hydrogen-bond acceptors (Lipinski definition) is 5. The Kier molecular flexibility index (Phi) is 6.66. The third-order valence-corrected chi connectivity index (χ3v) is 2.46. The van der Waals surface area contributed by atoms with Gasteiger partial charge in [-0.15, -0.1) is 0 Å². The number of nitrogens with zero attached hydrogens (tertiary/aromatic N) is 1. The van der Waals surface area contributed by atoms with Crippen molar-refractivity contribution in [2.75, 3.05) is 18.5 Å². The van der Waals surface area contributed by atoms with Gasteiger partial charge in [0.05, 0.1) is 11.5 Å². The highest BCUT2D eigenvalue weighted by Gasteiger charge is 2.08. The lowest BCUT2D eigenvalue weighted by Crippen LogP contribution is -2.29. The lowest BCUT2D eigenvalue weighted by Gasteiger charge is -2.07. The van der Waals surface area contributed by atoms with Crippen molar-refractivity contribution in [3.05, 3.63) is 34.4 Å². The molecule has 0 fully saturated rings. The van der Waals surface area contributed by atoms with E-state index in [1.807, 2.05) is 0 Å². The van der Waals surface area contributed by atoms with Crippen LogP contribution in [-0.2, 0) is 9.53 Å². The molecule has 0 atom stereocenters. The van der Waals surface area contributed by atoms with Gasteiger partial charge in [-0.2, -0.15) is 0 Å². The molecule has 1 aromatic rings. The summed E-state index contributed by atoms with van der Waals surface area (Å²) in [6.07, 6.45) is 0.687. The molecule has 0 radical (unpaired) electrons. The topological polar surface area (TPSA) is 111 Å². The number of amides is 2. The van der Waals surface area contributed by atoms with Gasteiger partial charge in [0.2, 0.25) is 0 Å². The van der Waals surface area contributed by atoms with Gasteiger partial charge in [0.25, 0.3) is 5.69 Å². The van der Waals surface area contributed by atoms with Crippen molar-refractivity contribution in [2.24, 2.45) is 0 Å². The third-order valence-electron chi connectivity index (χ3n) is 2.46. The second kappa shape index (κ2) is 8.51. The van der Waals surface area contributed by atoms with Crippen LogP contribution in [0, 0.1) is 10.1 Å². The SMILES string of the molecule is CCOC(=O)CCCNC(=O)Nc1cccc([N+](=O)[O-])c1. The third kappa shape index (κ3) is 6.37. The molecule has 8 heteroatoms. The molecule has 0 aliphatic rings. The summed E-state index contributed by atoms with van der Waals surface area (Å²) in [5, 5.41) is 15.6. The number of rotatable bonds is 7. The molecule has 2 N–H and O–H groups in total. The molecule has 0 saturated carbocycles. The molecule has 0 bridgehead atoms. The summed E-state index contributed by atoms with van der Waals surface area (Å²) in [5.41, 5.74) is 0.224. The van der Waals surface area contributed by atoms with Gasteiger partial charge in [-0.05, 0) is 19.4 Å². The lowest BCUT2D eigenvalue weighted by molar-refractivity contribution is -0.384. The average molecular weight is 295 g/mol. The Bertz CT molecular complexity index is 518. The fourth-order valence-electron chi connectivity index (χ4n) is 1.54. The van der Waals surface area contributed by atoms with Gasteiger partial charge >= 0.3 is 12.0 Å². The number of nitro benzene ring substituents is 1. The van der Waals surface area contributed by atoms with Gasteiger partial charge < -0.3 is 15.4 Å². The summed E-state index contributed by atoms with van der Waals surface area (Å²) in [4.78, 5) is 32.7. The van der Waals surface area contributed by atoms with Crippen molar-refractivity contribution < 1.29 is 19.2 Å². The molecule has 0 unspecified atom stereocenters. The number of esters is 1. The van der Waals surface area contributed by atoms with E-state index in [0.29, 0.717) is 25.3 Å². The number of nitrogens with one attached hydrogen (secondary N) is 2. The number of carbonyl (C=O) groups is 2. The van der Waals surface area contributed by atoms with Gasteiger partial charge in [0, 0.05) is 30.8 Å². The summed E-state index contributed by atoms with van der Waals surface area (Å²) >= 11 is 0. The van der Waals surface area contributed by atoms with Crippen LogP contribution < -0.4 is 10.6 Å². The van der Waals surface area contributed by atoms with E-state index in [-0.39, 0.29) is 18.1 Å². The van der Waals surface area contributed by atoms with E-state index in [4.69, 9.17) is 4.74 Å². The van der Waals surface area contributed by atoms with E-state index in [1.54, 1.807) is 13.0 Å². The highest BCUT2D eigenvalue weighted by Crippen LogP contribution is 2.16. The number of benzene rings is 1. The minimum Gasteiger partial charge on any atom is -0.466 e. The van der Waals surface area contributed by atoms with E-state index in [9.17, 15) is 19.7 Å². The van der Waals surface area contributed by atoms with E-state index >= 15 is 0 Å². The zero-order valence-corrected chi connectivity index (χ0v) is 11.6. The Morgan fingerprint density at radius 1 is 1.38 bits per heavy atom. The van der Waals surface area contributed by atoms with Gasteiger partial charge in [-0.3, -0.25) is 14.9 Å².